The van der Waals surface area contributed by atoms with Gasteiger partial charge in [0, 0.05) is 60.3 Å². The second kappa shape index (κ2) is 12.5. The molecule has 7 rings (SSSR count). The molecule has 0 saturated carbocycles. The Labute approximate surface area is 267 Å². The Bertz CT molecular complexity index is 2040. The van der Waals surface area contributed by atoms with Crippen LogP contribution in [0, 0.1) is 6.92 Å². The molecule has 0 aliphatic carbocycles. The molecule has 0 bridgehead atoms. The highest BCUT2D eigenvalue weighted by Gasteiger charge is 2.35. The summed E-state index contributed by atoms with van der Waals surface area (Å²) in [6.07, 6.45) is 3.53. The van der Waals surface area contributed by atoms with Gasteiger partial charge in [-0.2, -0.15) is 0 Å². The molecule has 6 aromatic rings. The Hall–Kier alpha value is -4.92. The first-order valence-corrected chi connectivity index (χ1v) is 15.7. The molecule has 1 aliphatic heterocycles. The molecule has 0 spiro atoms. The number of ether oxygens (including phenoxy) is 2. The number of aromatic hydroxyl groups is 1. The number of pyridine rings is 1. The van der Waals surface area contributed by atoms with Gasteiger partial charge in [-0.3, -0.25) is 9.88 Å². The molecule has 8 nitrogen and oxygen atoms in total. The van der Waals surface area contributed by atoms with E-state index in [9.17, 15) is 9.90 Å². The number of fused-ring (bicyclic) bond motifs is 4. The zero-order valence-electron chi connectivity index (χ0n) is 26.3. The smallest absolute Gasteiger partial charge is 0.342 e. The van der Waals surface area contributed by atoms with E-state index in [4.69, 9.17) is 13.9 Å². The summed E-state index contributed by atoms with van der Waals surface area (Å²) in [6.45, 7) is 7.47. The third kappa shape index (κ3) is 5.33. The lowest BCUT2D eigenvalue weighted by molar-refractivity contribution is 0.0526. The van der Waals surface area contributed by atoms with E-state index in [1.807, 2.05) is 48.5 Å². The first kappa shape index (κ1) is 29.8. The number of esters is 1. The molecule has 46 heavy (non-hydrogen) atoms. The minimum absolute atomic E-state index is 0.0881. The van der Waals surface area contributed by atoms with E-state index in [2.05, 4.69) is 46.1 Å². The maximum Gasteiger partial charge on any atom is 0.342 e. The number of rotatable bonds is 8. The van der Waals surface area contributed by atoms with Crippen LogP contribution < -0.4 is 4.74 Å². The van der Waals surface area contributed by atoms with Gasteiger partial charge in [-0.05, 0) is 73.1 Å². The molecule has 1 aliphatic rings. The summed E-state index contributed by atoms with van der Waals surface area (Å²) in [4.78, 5) is 22.4. The first-order chi connectivity index (χ1) is 22.4. The number of aromatic nitrogens is 1. The third-order valence-electron chi connectivity index (χ3n) is 9.05. The molecular formula is C38H37N3O5. The number of hydrogen-bond donors (Lipinski definition) is 1. The minimum atomic E-state index is -0.472. The molecule has 2 aromatic heterocycles. The van der Waals surface area contributed by atoms with E-state index in [0.29, 0.717) is 51.0 Å². The molecule has 3 heterocycles. The van der Waals surface area contributed by atoms with Gasteiger partial charge in [-0.1, -0.05) is 42.5 Å². The van der Waals surface area contributed by atoms with Crippen molar-refractivity contribution in [2.45, 2.75) is 26.5 Å². The Balaban J connectivity index is 1.42. The molecule has 4 aromatic carbocycles. The second-order valence-electron chi connectivity index (χ2n) is 11.9. The summed E-state index contributed by atoms with van der Waals surface area (Å²) in [5.41, 5.74) is 3.54. The lowest BCUT2D eigenvalue weighted by Gasteiger charge is -2.39. The fourth-order valence-electron chi connectivity index (χ4n) is 6.74. The van der Waals surface area contributed by atoms with Crippen LogP contribution in [0.1, 0.15) is 45.8 Å². The normalized spacial score (nSPS) is 15.0. The molecule has 0 radical (unpaired) electrons. The maximum absolute atomic E-state index is 13.5. The van der Waals surface area contributed by atoms with Gasteiger partial charge in [-0.25, -0.2) is 4.79 Å². The van der Waals surface area contributed by atoms with Gasteiger partial charge in [0.15, 0.2) is 0 Å². The van der Waals surface area contributed by atoms with E-state index < -0.39 is 5.97 Å². The van der Waals surface area contributed by atoms with Crippen molar-refractivity contribution in [3.63, 3.8) is 0 Å². The van der Waals surface area contributed by atoms with Crippen LogP contribution in [-0.2, 0) is 11.3 Å². The van der Waals surface area contributed by atoms with Crippen LogP contribution >= 0.6 is 0 Å². The predicted octanol–water partition coefficient (Wildman–Crippen LogP) is 7.24. The van der Waals surface area contributed by atoms with Gasteiger partial charge in [0.05, 0.1) is 12.6 Å². The molecule has 1 saturated heterocycles. The monoisotopic (exact) mass is 615 g/mol. The van der Waals surface area contributed by atoms with Crippen LogP contribution in [0.5, 0.6) is 11.5 Å². The summed E-state index contributed by atoms with van der Waals surface area (Å²) in [7, 11) is 2.11. The Kier molecular flexibility index (Phi) is 8.07. The number of furan rings is 1. The summed E-state index contributed by atoms with van der Waals surface area (Å²) >= 11 is 0. The van der Waals surface area contributed by atoms with Gasteiger partial charge in [0.2, 0.25) is 0 Å². The molecule has 1 N–H and O–H groups in total. The number of piperazine rings is 1. The lowest BCUT2D eigenvalue weighted by Crippen LogP contribution is -2.46. The highest BCUT2D eigenvalue weighted by Crippen LogP contribution is 2.48. The Morgan fingerprint density at radius 2 is 1.72 bits per heavy atom. The summed E-state index contributed by atoms with van der Waals surface area (Å²) < 4.78 is 18.3. The number of nitrogens with zero attached hydrogens (tertiary/aromatic N) is 3. The van der Waals surface area contributed by atoms with E-state index >= 15 is 0 Å². The highest BCUT2D eigenvalue weighted by atomic mass is 16.5. The number of carbonyl (C=O) groups is 1. The second-order valence-corrected chi connectivity index (χ2v) is 11.9. The SMILES string of the molecule is CCOC(=O)c1c(C)oc2c1c(C(c1ccncc1)N1CCN(C)CC1)c(O)c1cc(OCc3cccc4ccccc34)ccc12. The summed E-state index contributed by atoms with van der Waals surface area (Å²) in [6, 6.07) is 23.7. The molecule has 0 amide bonds. The average molecular weight is 616 g/mol. The number of carbonyl (C=O) groups excluding carboxylic acids is 1. The standard InChI is InChI=1S/C38H37N3O5/c1-4-44-38(43)32-24(2)46-37-30-13-12-28(45-23-27-10-7-9-25-8-5-6-11-29(25)27)22-31(30)36(42)34(33(32)37)35(26-14-16-39-17-15-26)41-20-18-40(3)19-21-41/h5-17,22,35,42H,4,18-21,23H2,1-3H3. The number of benzene rings is 4. The maximum atomic E-state index is 13.5. The number of aryl methyl sites for hydroxylation is 1. The van der Waals surface area contributed by atoms with Crippen molar-refractivity contribution in [3.8, 4) is 11.5 Å². The van der Waals surface area contributed by atoms with E-state index in [1.165, 1.54) is 0 Å². The Morgan fingerprint density at radius 3 is 2.50 bits per heavy atom. The first-order valence-electron chi connectivity index (χ1n) is 15.7. The van der Waals surface area contributed by atoms with Crippen LogP contribution in [0.15, 0.2) is 89.6 Å². The largest absolute Gasteiger partial charge is 0.507 e. The van der Waals surface area contributed by atoms with Crippen molar-refractivity contribution in [2.24, 2.45) is 0 Å². The van der Waals surface area contributed by atoms with Gasteiger partial charge in [-0.15, -0.1) is 0 Å². The van der Waals surface area contributed by atoms with Crippen LogP contribution in [0.25, 0.3) is 32.5 Å². The number of phenolic OH excluding ortho intramolecular Hbond substituents is 1. The summed E-state index contributed by atoms with van der Waals surface area (Å²) in [5, 5.41) is 16.5. The zero-order valence-corrected chi connectivity index (χ0v) is 26.3. The van der Waals surface area contributed by atoms with Crippen molar-refractivity contribution in [2.75, 3.05) is 39.8 Å². The van der Waals surface area contributed by atoms with Crippen LogP contribution in [0.3, 0.4) is 0 Å². The molecule has 8 heteroatoms. The Morgan fingerprint density at radius 1 is 0.957 bits per heavy atom. The van der Waals surface area contributed by atoms with Crippen molar-refractivity contribution in [1.82, 2.24) is 14.8 Å². The van der Waals surface area contributed by atoms with E-state index in [1.54, 1.807) is 26.2 Å². The van der Waals surface area contributed by atoms with Crippen LogP contribution in [0.2, 0.25) is 0 Å². The minimum Gasteiger partial charge on any atom is -0.507 e. The number of likely N-dealkylation sites (N-methyl/N-ethyl adjacent to an activating group) is 1. The fraction of sp³-hybridized carbons (Fsp3) is 0.263. The molecule has 1 atom stereocenters. The van der Waals surface area contributed by atoms with Crippen molar-refractivity contribution in [3.05, 3.63) is 113 Å². The van der Waals surface area contributed by atoms with Crippen LogP contribution in [-0.4, -0.2) is 65.7 Å². The molecule has 234 valence electrons. The fourth-order valence-corrected chi connectivity index (χ4v) is 6.74. The van der Waals surface area contributed by atoms with Crippen molar-refractivity contribution < 1.29 is 23.8 Å². The lowest BCUT2D eigenvalue weighted by atomic mass is 9.89. The van der Waals surface area contributed by atoms with E-state index in [0.717, 1.165) is 48.1 Å². The number of hydrogen-bond acceptors (Lipinski definition) is 8. The van der Waals surface area contributed by atoms with Gasteiger partial charge < -0.3 is 23.9 Å². The van der Waals surface area contributed by atoms with Crippen molar-refractivity contribution in [1.29, 1.82) is 0 Å². The van der Waals surface area contributed by atoms with Gasteiger partial charge >= 0.3 is 5.97 Å². The summed E-state index contributed by atoms with van der Waals surface area (Å²) in [5.74, 6) is 0.686. The highest BCUT2D eigenvalue weighted by molar-refractivity contribution is 6.17. The topological polar surface area (TPSA) is 88.3 Å². The van der Waals surface area contributed by atoms with E-state index in [-0.39, 0.29) is 18.4 Å². The molecule has 1 unspecified atom stereocenters. The van der Waals surface area contributed by atoms with Crippen LogP contribution in [0.4, 0.5) is 0 Å². The zero-order chi connectivity index (χ0) is 31.8. The molecule has 1 fully saturated rings. The quantitative estimate of drug-likeness (QED) is 0.179. The number of phenols is 1. The molecular weight excluding hydrogens is 578 g/mol. The average Bonchev–Trinajstić information content (AvgIpc) is 3.43. The van der Waals surface area contributed by atoms with Gasteiger partial charge in [0.1, 0.15) is 35.0 Å². The predicted molar refractivity (Wildman–Crippen MR) is 180 cm³/mol. The van der Waals surface area contributed by atoms with Crippen molar-refractivity contribution >= 4 is 38.5 Å². The third-order valence-corrected chi connectivity index (χ3v) is 9.05. The van der Waals surface area contributed by atoms with Gasteiger partial charge in [0.25, 0.3) is 0 Å².